The quantitative estimate of drug-likeness (QED) is 0.500. The van der Waals surface area contributed by atoms with Crippen molar-refractivity contribution in [3.05, 3.63) is 67.3 Å². The molecule has 2 rings (SSSR count). The molecular formula is C19H21INO3+. The smallest absolute Gasteiger partial charge is 0.358 e. The molecule has 0 heterocycles. The highest BCUT2D eigenvalue weighted by Crippen LogP contribution is 2.06. The molecule has 4 nitrogen and oxygen atoms in total. The highest BCUT2D eigenvalue weighted by molar-refractivity contribution is 5.96. The third kappa shape index (κ3) is 4.80. The van der Waals surface area contributed by atoms with Crippen LogP contribution in [0.4, 0.5) is 0 Å². The fourth-order valence-electron chi connectivity index (χ4n) is 2.17. The van der Waals surface area contributed by atoms with Crippen LogP contribution in [0.1, 0.15) is 24.2 Å². The first-order chi connectivity index (χ1) is 11.5. The van der Waals surface area contributed by atoms with Crippen molar-refractivity contribution < 1.29 is 35.5 Å². The molecule has 0 aliphatic carbocycles. The van der Waals surface area contributed by atoms with Gasteiger partial charge in [-0.25, -0.2) is 4.79 Å². The molecule has 1 N–H and O–H groups in total. The number of carbonyl (C=O) groups is 2. The van der Waals surface area contributed by atoms with Crippen LogP contribution >= 0.6 is 0 Å². The molecule has 0 aliphatic rings. The van der Waals surface area contributed by atoms with Gasteiger partial charge in [0.1, 0.15) is 6.04 Å². The Labute approximate surface area is 152 Å². The first-order valence-electron chi connectivity index (χ1n) is 7.70. The number of carbonyl (C=O) groups excluding carboxylic acids is 2. The van der Waals surface area contributed by atoms with Crippen molar-refractivity contribution in [1.82, 2.24) is 5.32 Å². The van der Waals surface area contributed by atoms with Gasteiger partial charge in [0.15, 0.2) is 3.57 Å². The molecule has 1 atom stereocenters. The molecule has 0 saturated heterocycles. The lowest BCUT2D eigenvalue weighted by Crippen LogP contribution is -3.61. The summed E-state index contributed by atoms with van der Waals surface area (Å²) in [6.07, 6.45) is 0. The minimum atomic E-state index is -0.648. The Morgan fingerprint density at radius 1 is 1.00 bits per heavy atom. The molecule has 0 saturated carbocycles. The van der Waals surface area contributed by atoms with Crippen LogP contribution in [0.15, 0.2) is 54.6 Å². The van der Waals surface area contributed by atoms with Gasteiger partial charge in [-0.2, -0.15) is 0 Å². The monoisotopic (exact) mass is 438 g/mol. The summed E-state index contributed by atoms with van der Waals surface area (Å²) in [6.45, 7) is 3.76. The van der Waals surface area contributed by atoms with Gasteiger partial charge in [0.25, 0.3) is 5.91 Å². The molecule has 5 heteroatoms. The summed E-state index contributed by atoms with van der Waals surface area (Å²) >= 11 is -0.465. The number of halogens is 1. The maximum absolute atomic E-state index is 12.7. The standard InChI is InChI=1S/C19H20INO3/c1-13(2)17(19(23)24-3)21-18(22)15-11-7-8-12-16(15)20-14-9-5-4-6-10-14/h4-13,17H,1-3H3/p+1/t17-/m0/s1. The number of ether oxygens (including phenoxy) is 1. The van der Waals surface area contributed by atoms with Gasteiger partial charge in [-0.15, -0.1) is 0 Å². The van der Waals surface area contributed by atoms with Crippen molar-refractivity contribution >= 4 is 11.9 Å². The Morgan fingerprint density at radius 2 is 1.62 bits per heavy atom. The minimum absolute atomic E-state index is 0.0441. The van der Waals surface area contributed by atoms with E-state index < -0.39 is 33.2 Å². The molecular weight excluding hydrogens is 417 g/mol. The summed E-state index contributed by atoms with van der Waals surface area (Å²) in [5, 5.41) is 2.81. The molecule has 0 radical (unpaired) electrons. The topological polar surface area (TPSA) is 55.4 Å². The molecule has 126 valence electrons. The highest BCUT2D eigenvalue weighted by atomic mass is 127. The molecule has 0 spiro atoms. The molecule has 1 amide bonds. The van der Waals surface area contributed by atoms with Crippen molar-refractivity contribution in [3.63, 3.8) is 0 Å². The lowest BCUT2D eigenvalue weighted by molar-refractivity contribution is -0.597. The van der Waals surface area contributed by atoms with Gasteiger partial charge in [0.05, 0.1) is 12.7 Å². The van der Waals surface area contributed by atoms with E-state index in [2.05, 4.69) is 17.4 Å². The van der Waals surface area contributed by atoms with Crippen LogP contribution in [-0.4, -0.2) is 25.0 Å². The van der Waals surface area contributed by atoms with E-state index in [1.807, 2.05) is 56.3 Å². The Bertz CT molecular complexity index is 701. The van der Waals surface area contributed by atoms with Crippen LogP contribution < -0.4 is 26.5 Å². The second kappa shape index (κ2) is 8.82. The van der Waals surface area contributed by atoms with Crippen LogP contribution in [0.2, 0.25) is 0 Å². The normalized spacial score (nSPS) is 11.8. The van der Waals surface area contributed by atoms with E-state index >= 15 is 0 Å². The third-order valence-electron chi connectivity index (χ3n) is 3.47. The number of amides is 1. The second-order valence-corrected chi connectivity index (χ2v) is 8.54. The van der Waals surface area contributed by atoms with Crippen molar-refractivity contribution in [3.8, 4) is 0 Å². The Morgan fingerprint density at radius 3 is 2.25 bits per heavy atom. The van der Waals surface area contributed by atoms with Crippen molar-refractivity contribution in [1.29, 1.82) is 0 Å². The van der Waals surface area contributed by atoms with E-state index in [1.54, 1.807) is 0 Å². The lowest BCUT2D eigenvalue weighted by atomic mass is 10.0. The molecule has 0 unspecified atom stereocenters. The summed E-state index contributed by atoms with van der Waals surface area (Å²) in [4.78, 5) is 24.6. The van der Waals surface area contributed by atoms with E-state index in [0.29, 0.717) is 5.56 Å². The molecule has 0 fully saturated rings. The summed E-state index contributed by atoms with van der Waals surface area (Å²) in [6, 6.07) is 17.1. The molecule has 0 bridgehead atoms. The van der Waals surface area contributed by atoms with Gasteiger partial charge in [0.2, 0.25) is 3.57 Å². The number of nitrogens with one attached hydrogen (secondary N) is 1. The third-order valence-corrected chi connectivity index (χ3v) is 6.33. The zero-order valence-corrected chi connectivity index (χ0v) is 16.1. The van der Waals surface area contributed by atoms with Crippen molar-refractivity contribution in [2.24, 2.45) is 5.92 Å². The highest BCUT2D eigenvalue weighted by Gasteiger charge is 2.29. The lowest BCUT2D eigenvalue weighted by Gasteiger charge is -2.19. The first-order valence-corrected chi connectivity index (χ1v) is 9.86. The number of hydrogen-bond donors (Lipinski definition) is 1. The maximum atomic E-state index is 12.7. The zero-order valence-electron chi connectivity index (χ0n) is 14.0. The summed E-state index contributed by atoms with van der Waals surface area (Å²) in [5.74, 6) is -0.698. The van der Waals surface area contributed by atoms with Crippen LogP contribution in [0.5, 0.6) is 0 Å². The fourth-order valence-corrected chi connectivity index (χ4v) is 4.72. The average Bonchev–Trinajstić information content (AvgIpc) is 2.60. The van der Waals surface area contributed by atoms with Gasteiger partial charge in [-0.1, -0.05) is 44.2 Å². The largest absolute Gasteiger partial charge is 0.467 e. The Balaban J connectivity index is 2.22. The number of hydrogen-bond acceptors (Lipinski definition) is 3. The molecule has 0 aliphatic heterocycles. The van der Waals surface area contributed by atoms with Crippen LogP contribution in [0, 0.1) is 13.1 Å². The number of rotatable bonds is 6. The fraction of sp³-hybridized carbons (Fsp3) is 0.263. The SMILES string of the molecule is COC(=O)[C@@H](NC(=O)c1ccccc1[I+]c1ccccc1)C(C)C. The second-order valence-electron chi connectivity index (χ2n) is 5.59. The van der Waals surface area contributed by atoms with Crippen LogP contribution in [0.25, 0.3) is 0 Å². The van der Waals surface area contributed by atoms with Gasteiger partial charge in [-0.3, -0.25) is 4.79 Å². The van der Waals surface area contributed by atoms with Crippen molar-refractivity contribution in [2.45, 2.75) is 19.9 Å². The van der Waals surface area contributed by atoms with Gasteiger partial charge in [-0.05, 0) is 30.2 Å². The first kappa shape index (κ1) is 18.4. The van der Waals surface area contributed by atoms with Crippen LogP contribution in [-0.2, 0) is 9.53 Å². The minimum Gasteiger partial charge on any atom is -0.467 e. The van der Waals surface area contributed by atoms with Crippen molar-refractivity contribution in [2.75, 3.05) is 7.11 Å². The van der Waals surface area contributed by atoms with E-state index in [0.717, 1.165) is 3.57 Å². The van der Waals surface area contributed by atoms with Gasteiger partial charge < -0.3 is 10.1 Å². The summed E-state index contributed by atoms with van der Waals surface area (Å²) < 4.78 is 7.06. The molecule has 2 aromatic rings. The van der Waals surface area contributed by atoms with E-state index in [4.69, 9.17) is 4.74 Å². The average molecular weight is 438 g/mol. The maximum Gasteiger partial charge on any atom is 0.358 e. The van der Waals surface area contributed by atoms with E-state index in [-0.39, 0.29) is 11.8 Å². The molecule has 0 aromatic heterocycles. The zero-order chi connectivity index (χ0) is 17.5. The number of methoxy groups -OCH3 is 1. The predicted octanol–water partition coefficient (Wildman–Crippen LogP) is -0.258. The Kier molecular flexibility index (Phi) is 6.78. The Hall–Kier alpha value is -1.89. The van der Waals surface area contributed by atoms with Gasteiger partial charge in [0, 0.05) is 0 Å². The predicted molar refractivity (Wildman–Crippen MR) is 88.4 cm³/mol. The molecule has 24 heavy (non-hydrogen) atoms. The number of benzene rings is 2. The van der Waals surface area contributed by atoms with E-state index in [1.165, 1.54) is 10.7 Å². The number of esters is 1. The summed E-state index contributed by atoms with van der Waals surface area (Å²) in [7, 11) is 1.33. The van der Waals surface area contributed by atoms with Crippen LogP contribution in [0.3, 0.4) is 0 Å². The van der Waals surface area contributed by atoms with E-state index in [9.17, 15) is 9.59 Å². The van der Waals surface area contributed by atoms with Gasteiger partial charge >= 0.3 is 27.2 Å². The molecule has 2 aromatic carbocycles. The summed E-state index contributed by atoms with van der Waals surface area (Å²) in [5.41, 5.74) is 0.628.